The van der Waals surface area contributed by atoms with Crippen LogP contribution in [0.15, 0.2) is 47.6 Å². The van der Waals surface area contributed by atoms with Gasteiger partial charge >= 0.3 is 16.3 Å². The molecule has 0 bridgehead atoms. The molecule has 0 saturated heterocycles. The van der Waals surface area contributed by atoms with E-state index in [1.54, 1.807) is 23.6 Å². The van der Waals surface area contributed by atoms with Crippen LogP contribution in [0.2, 0.25) is 0 Å². The fourth-order valence-electron chi connectivity index (χ4n) is 1.67. The maximum absolute atomic E-state index is 11.3. The lowest BCUT2D eigenvalue weighted by Crippen LogP contribution is -2.44. The predicted octanol–water partition coefficient (Wildman–Crippen LogP) is 2.10. The molecule has 2 aromatic rings. The zero-order chi connectivity index (χ0) is 14.8. The number of nitrogens with one attached hydrogen (secondary N) is 2. The van der Waals surface area contributed by atoms with Crippen LogP contribution in [0.3, 0.4) is 0 Å². The van der Waals surface area contributed by atoms with E-state index < -0.39 is 16.3 Å². The van der Waals surface area contributed by atoms with Crippen LogP contribution in [0.25, 0.3) is 10.8 Å². The molecule has 0 aliphatic heterocycles. The van der Waals surface area contributed by atoms with Crippen molar-refractivity contribution in [2.75, 3.05) is 4.41 Å². The standard InChI is InChI=1S/C11H10N4O4S/c12-13-11(16)14-15(20(17,18)19)10-6-5-8-3-1-2-4-9(8)7-10/h1-7,12H,(H,14,16)(H,17,18,19). The van der Waals surface area contributed by atoms with E-state index >= 15 is 0 Å². The second kappa shape index (κ2) is 5.23. The molecule has 2 rings (SSSR count). The zero-order valence-electron chi connectivity index (χ0n) is 10.0. The number of benzene rings is 2. The molecule has 0 fully saturated rings. The Bertz CT molecular complexity index is 775. The molecule has 0 aliphatic rings. The second-order valence-electron chi connectivity index (χ2n) is 3.80. The molecule has 0 aliphatic carbocycles. The molecule has 0 aromatic heterocycles. The van der Waals surface area contributed by atoms with E-state index in [4.69, 9.17) is 10.1 Å². The molecule has 0 unspecified atom stereocenters. The molecule has 2 amide bonds. The molecule has 0 saturated carbocycles. The third kappa shape index (κ3) is 2.90. The lowest BCUT2D eigenvalue weighted by Gasteiger charge is -2.20. The molecule has 9 heteroatoms. The highest BCUT2D eigenvalue weighted by Crippen LogP contribution is 2.22. The minimum atomic E-state index is -4.73. The summed E-state index contributed by atoms with van der Waals surface area (Å²) < 4.78 is 31.9. The molecule has 104 valence electrons. The van der Waals surface area contributed by atoms with Crippen molar-refractivity contribution in [1.29, 1.82) is 5.53 Å². The van der Waals surface area contributed by atoms with Crippen molar-refractivity contribution < 1.29 is 17.8 Å². The fourth-order valence-corrected chi connectivity index (χ4v) is 2.24. The maximum atomic E-state index is 11.3. The molecular weight excluding hydrogens is 284 g/mol. The molecule has 2 aromatic carbocycles. The van der Waals surface area contributed by atoms with E-state index in [-0.39, 0.29) is 10.1 Å². The van der Waals surface area contributed by atoms with Gasteiger partial charge in [0.05, 0.1) is 5.69 Å². The smallest absolute Gasteiger partial charge is 0.268 e. The molecular formula is C11H10N4O4S. The summed E-state index contributed by atoms with van der Waals surface area (Å²) in [7, 11) is -4.73. The van der Waals surface area contributed by atoms with Gasteiger partial charge in [-0.1, -0.05) is 35.4 Å². The molecule has 8 nitrogen and oxygen atoms in total. The average Bonchev–Trinajstić information content (AvgIpc) is 2.42. The first kappa shape index (κ1) is 13.9. The molecule has 0 atom stereocenters. The molecule has 0 heterocycles. The zero-order valence-corrected chi connectivity index (χ0v) is 10.8. The Labute approximate surface area is 114 Å². The molecule has 0 radical (unpaired) electrons. The average molecular weight is 294 g/mol. The molecule has 0 spiro atoms. The summed E-state index contributed by atoms with van der Waals surface area (Å²) >= 11 is 0. The normalized spacial score (nSPS) is 11.1. The topological polar surface area (TPSA) is 123 Å². The number of rotatable bonds is 3. The lowest BCUT2D eigenvalue weighted by molar-refractivity contribution is 0.247. The van der Waals surface area contributed by atoms with E-state index in [1.807, 2.05) is 12.1 Å². The summed E-state index contributed by atoms with van der Waals surface area (Å²) in [5.41, 5.74) is 8.32. The summed E-state index contributed by atoms with van der Waals surface area (Å²) in [6, 6.07) is 10.4. The van der Waals surface area contributed by atoms with Gasteiger partial charge in [-0.15, -0.1) is 0 Å². The Morgan fingerprint density at radius 1 is 1.20 bits per heavy atom. The maximum Gasteiger partial charge on any atom is 0.378 e. The number of fused-ring (bicyclic) bond motifs is 1. The number of hydrazine groups is 1. The summed E-state index contributed by atoms with van der Waals surface area (Å²) in [4.78, 5) is 11.0. The van der Waals surface area contributed by atoms with Crippen molar-refractivity contribution in [1.82, 2.24) is 5.43 Å². The SMILES string of the molecule is N=NC(=O)NN(c1ccc2ccccc2c1)S(=O)(=O)O. The summed E-state index contributed by atoms with van der Waals surface area (Å²) in [5, 5.41) is 4.09. The van der Waals surface area contributed by atoms with E-state index in [1.165, 1.54) is 12.1 Å². The third-order valence-electron chi connectivity index (χ3n) is 2.50. The highest BCUT2D eigenvalue weighted by Gasteiger charge is 2.22. The third-order valence-corrected chi connectivity index (χ3v) is 3.26. The van der Waals surface area contributed by atoms with E-state index in [0.29, 0.717) is 0 Å². The van der Waals surface area contributed by atoms with Gasteiger partial charge < -0.3 is 0 Å². The van der Waals surface area contributed by atoms with Crippen molar-refractivity contribution >= 4 is 32.8 Å². The van der Waals surface area contributed by atoms with Gasteiger partial charge in [-0.25, -0.2) is 10.2 Å². The Morgan fingerprint density at radius 2 is 1.85 bits per heavy atom. The Balaban J connectivity index is 2.50. The number of urea groups is 1. The first-order chi connectivity index (χ1) is 9.41. The minimum absolute atomic E-state index is 0.0169. The number of carbonyl (C=O) groups is 1. The van der Waals surface area contributed by atoms with Crippen LogP contribution < -0.4 is 9.84 Å². The van der Waals surface area contributed by atoms with Crippen LogP contribution >= 0.6 is 0 Å². The molecule has 3 N–H and O–H groups in total. The number of hydrogen-bond acceptors (Lipinski definition) is 4. The van der Waals surface area contributed by atoms with Crippen molar-refractivity contribution in [3.05, 3.63) is 42.5 Å². The van der Waals surface area contributed by atoms with Crippen molar-refractivity contribution in [3.63, 3.8) is 0 Å². The number of anilines is 1. The lowest BCUT2D eigenvalue weighted by atomic mass is 10.1. The van der Waals surface area contributed by atoms with Gasteiger partial charge in [-0.3, -0.25) is 4.55 Å². The minimum Gasteiger partial charge on any atom is -0.268 e. The van der Waals surface area contributed by atoms with Gasteiger partial charge in [-0.05, 0) is 22.9 Å². The van der Waals surface area contributed by atoms with Crippen LogP contribution in [0.4, 0.5) is 10.5 Å². The van der Waals surface area contributed by atoms with E-state index in [9.17, 15) is 13.2 Å². The number of nitrogens with zero attached hydrogens (tertiary/aromatic N) is 2. The summed E-state index contributed by atoms with van der Waals surface area (Å²) in [6.45, 7) is 0. The first-order valence-corrected chi connectivity index (χ1v) is 6.76. The Hall–Kier alpha value is -2.52. The Kier molecular flexibility index (Phi) is 3.63. The number of amides is 2. The van der Waals surface area contributed by atoms with Gasteiger partial charge in [0.1, 0.15) is 0 Å². The van der Waals surface area contributed by atoms with Crippen LogP contribution in [0.1, 0.15) is 0 Å². The van der Waals surface area contributed by atoms with Gasteiger partial charge in [0.15, 0.2) is 0 Å². The van der Waals surface area contributed by atoms with E-state index in [0.717, 1.165) is 10.8 Å². The van der Waals surface area contributed by atoms with Crippen molar-refractivity contribution in [3.8, 4) is 0 Å². The van der Waals surface area contributed by atoms with Crippen LogP contribution in [0.5, 0.6) is 0 Å². The highest BCUT2D eigenvalue weighted by molar-refractivity contribution is 7.87. The number of hydrogen-bond donors (Lipinski definition) is 3. The van der Waals surface area contributed by atoms with Crippen LogP contribution in [-0.2, 0) is 10.3 Å². The Morgan fingerprint density at radius 3 is 2.45 bits per heavy atom. The number of carbonyl (C=O) groups excluding carboxylic acids is 1. The fraction of sp³-hybridized carbons (Fsp3) is 0. The highest BCUT2D eigenvalue weighted by atomic mass is 32.2. The summed E-state index contributed by atoms with van der Waals surface area (Å²) in [5.74, 6) is 0. The largest absolute Gasteiger partial charge is 0.378 e. The van der Waals surface area contributed by atoms with Crippen molar-refractivity contribution in [2.45, 2.75) is 0 Å². The van der Waals surface area contributed by atoms with Crippen molar-refractivity contribution in [2.24, 2.45) is 5.11 Å². The van der Waals surface area contributed by atoms with Gasteiger partial charge in [-0.2, -0.15) is 18.4 Å². The van der Waals surface area contributed by atoms with Gasteiger partial charge in [0.25, 0.3) is 0 Å². The van der Waals surface area contributed by atoms with E-state index in [2.05, 4.69) is 5.11 Å². The summed E-state index contributed by atoms with van der Waals surface area (Å²) in [6.07, 6.45) is 0. The molecule has 20 heavy (non-hydrogen) atoms. The van der Waals surface area contributed by atoms with Gasteiger partial charge in [0.2, 0.25) is 0 Å². The monoisotopic (exact) mass is 294 g/mol. The van der Waals surface area contributed by atoms with Crippen LogP contribution in [0, 0.1) is 5.53 Å². The first-order valence-electron chi connectivity index (χ1n) is 5.36. The van der Waals surface area contributed by atoms with Gasteiger partial charge in [0, 0.05) is 0 Å². The predicted molar refractivity (Wildman–Crippen MR) is 71.7 cm³/mol. The second-order valence-corrected chi connectivity index (χ2v) is 5.06. The quantitative estimate of drug-likeness (QED) is 0.455. The van der Waals surface area contributed by atoms with Crippen LogP contribution in [-0.4, -0.2) is 19.0 Å².